The van der Waals surface area contributed by atoms with Crippen molar-refractivity contribution in [2.75, 3.05) is 0 Å². The Bertz CT molecular complexity index is 967. The zero-order valence-corrected chi connectivity index (χ0v) is 16.2. The van der Waals surface area contributed by atoms with E-state index in [1.54, 1.807) is 0 Å². The van der Waals surface area contributed by atoms with Crippen LogP contribution in [0.3, 0.4) is 0 Å². The molecule has 2 aromatic rings. The average Bonchev–Trinajstić information content (AvgIpc) is 2.54. The number of ether oxygens (including phenoxy) is 1. The van der Waals surface area contributed by atoms with E-state index in [-0.39, 0.29) is 26.6 Å². The van der Waals surface area contributed by atoms with Crippen molar-refractivity contribution >= 4 is 43.5 Å². The van der Waals surface area contributed by atoms with Gasteiger partial charge in [0, 0.05) is 23.2 Å². The summed E-state index contributed by atoms with van der Waals surface area (Å²) in [5, 5.41) is 10.7. The summed E-state index contributed by atoms with van der Waals surface area (Å²) in [6.45, 7) is -0.599. The molecule has 0 spiro atoms. The van der Waals surface area contributed by atoms with Crippen LogP contribution in [0, 0.1) is 5.82 Å². The lowest BCUT2D eigenvalue weighted by Crippen LogP contribution is -2.23. The highest BCUT2D eigenvalue weighted by Crippen LogP contribution is 2.38. The van der Waals surface area contributed by atoms with Crippen molar-refractivity contribution in [1.29, 1.82) is 0 Å². The molecule has 0 aliphatic heterocycles. The van der Waals surface area contributed by atoms with E-state index >= 15 is 0 Å². The van der Waals surface area contributed by atoms with Gasteiger partial charge in [0.05, 0.1) is 9.37 Å². The van der Waals surface area contributed by atoms with Gasteiger partial charge in [-0.25, -0.2) is 17.6 Å². The number of amides is 1. The molecule has 0 bridgehead atoms. The Labute approximate surface area is 164 Å². The third-order valence-electron chi connectivity index (χ3n) is 3.19. The molecule has 27 heavy (non-hydrogen) atoms. The molecule has 146 valence electrons. The highest BCUT2D eigenvalue weighted by molar-refractivity contribution is 9.10. The molecule has 0 aliphatic rings. The predicted molar refractivity (Wildman–Crippen MR) is 93.7 cm³/mol. The normalized spacial score (nSPS) is 11.5. The minimum Gasteiger partial charge on any atom is -0.465 e. The summed E-state index contributed by atoms with van der Waals surface area (Å²) in [6.07, 6.45) is -1.49. The molecule has 2 aromatic carbocycles. The molecular formula is C15H10BrClF3NO5S. The fraction of sp³-hybridized carbons (Fsp3) is 0.133. The van der Waals surface area contributed by atoms with Gasteiger partial charge in [-0.05, 0) is 40.2 Å². The largest absolute Gasteiger partial charge is 0.465 e. The number of sulfone groups is 1. The molecule has 0 saturated carbocycles. The number of benzene rings is 2. The molecule has 6 nitrogen and oxygen atoms in total. The van der Waals surface area contributed by atoms with Gasteiger partial charge in [0.25, 0.3) is 0 Å². The van der Waals surface area contributed by atoms with Crippen molar-refractivity contribution in [3.05, 3.63) is 51.2 Å². The van der Waals surface area contributed by atoms with Gasteiger partial charge in [0.15, 0.2) is 0 Å². The minimum absolute atomic E-state index is 0.0331. The van der Waals surface area contributed by atoms with Gasteiger partial charge in [0.1, 0.15) is 17.3 Å². The Morgan fingerprint density at radius 3 is 2.52 bits per heavy atom. The molecule has 0 radical (unpaired) electrons. The fourth-order valence-electron chi connectivity index (χ4n) is 2.07. The lowest BCUT2D eigenvalue weighted by molar-refractivity contribution is 0.194. The van der Waals surface area contributed by atoms with E-state index in [0.717, 1.165) is 24.3 Å². The number of carboxylic acid groups (broad SMARTS) is 1. The zero-order valence-electron chi connectivity index (χ0n) is 13.0. The number of nitrogens with one attached hydrogen (secondary N) is 1. The van der Waals surface area contributed by atoms with Crippen molar-refractivity contribution in [1.82, 2.24) is 5.32 Å². The molecule has 0 unspecified atom stereocenters. The quantitative estimate of drug-likeness (QED) is 0.609. The van der Waals surface area contributed by atoms with E-state index in [4.69, 9.17) is 21.4 Å². The van der Waals surface area contributed by atoms with Crippen LogP contribution in [0.1, 0.15) is 5.56 Å². The molecule has 1 amide bonds. The van der Waals surface area contributed by atoms with Crippen LogP contribution in [0.15, 0.2) is 39.7 Å². The van der Waals surface area contributed by atoms with E-state index in [9.17, 15) is 26.4 Å². The van der Waals surface area contributed by atoms with E-state index < -0.39 is 38.9 Å². The van der Waals surface area contributed by atoms with Crippen LogP contribution >= 0.6 is 27.5 Å². The lowest BCUT2D eigenvalue weighted by atomic mass is 10.2. The Morgan fingerprint density at radius 1 is 1.30 bits per heavy atom. The molecule has 2 rings (SSSR count). The van der Waals surface area contributed by atoms with Gasteiger partial charge in [-0.15, -0.1) is 0 Å². The number of halogens is 5. The standard InChI is InChI=1S/C15H10BrClF3NO5S/c16-13-10(6-21-15(22)23)12(27(24,25)14(19)20)2-1-11(13)26-9-4-7(17)3-8(18)5-9/h1-5,14,21H,6H2,(H,22,23). The zero-order chi connectivity index (χ0) is 20.4. The highest BCUT2D eigenvalue weighted by Gasteiger charge is 2.31. The predicted octanol–water partition coefficient (Wildman–Crippen LogP) is 4.80. The minimum atomic E-state index is -5.01. The fourth-order valence-corrected chi connectivity index (χ4v) is 3.94. The Morgan fingerprint density at radius 2 is 1.96 bits per heavy atom. The number of hydrogen-bond donors (Lipinski definition) is 2. The number of hydrogen-bond acceptors (Lipinski definition) is 4. The third kappa shape index (κ3) is 5.05. The summed E-state index contributed by atoms with van der Waals surface area (Å²) >= 11 is 8.75. The van der Waals surface area contributed by atoms with E-state index in [1.807, 2.05) is 5.32 Å². The second kappa shape index (κ2) is 8.36. The summed E-state index contributed by atoms with van der Waals surface area (Å²) in [5.41, 5.74) is -0.294. The van der Waals surface area contributed by atoms with Gasteiger partial charge in [-0.2, -0.15) is 8.78 Å². The number of rotatable bonds is 6. The van der Waals surface area contributed by atoms with Crippen LogP contribution < -0.4 is 10.1 Å². The maximum absolute atomic E-state index is 13.4. The Balaban J connectivity index is 2.54. The smallest absolute Gasteiger partial charge is 0.404 e. The molecule has 0 fully saturated rings. The second-order valence-electron chi connectivity index (χ2n) is 5.03. The van der Waals surface area contributed by atoms with E-state index in [1.165, 1.54) is 6.07 Å². The molecule has 0 aromatic heterocycles. The molecule has 0 atom stereocenters. The summed E-state index contributed by atoms with van der Waals surface area (Å²) in [5.74, 6) is -4.51. The van der Waals surface area contributed by atoms with Crippen LogP contribution in [-0.4, -0.2) is 25.4 Å². The van der Waals surface area contributed by atoms with Crippen molar-refractivity contribution in [2.24, 2.45) is 0 Å². The van der Waals surface area contributed by atoms with Crippen LogP contribution in [0.5, 0.6) is 11.5 Å². The molecule has 0 saturated heterocycles. The summed E-state index contributed by atoms with van der Waals surface area (Å²) in [6, 6.07) is 5.22. The first-order valence-corrected chi connectivity index (χ1v) is 9.68. The number of alkyl halides is 2. The van der Waals surface area contributed by atoms with Crippen LogP contribution in [0.2, 0.25) is 5.02 Å². The Hall–Kier alpha value is -1.98. The first-order valence-electron chi connectivity index (χ1n) is 6.96. The SMILES string of the molecule is O=C(O)NCc1c(S(=O)(=O)C(F)F)ccc(Oc2cc(F)cc(Cl)c2)c1Br. The van der Waals surface area contributed by atoms with E-state index in [2.05, 4.69) is 15.9 Å². The van der Waals surface area contributed by atoms with Gasteiger partial charge >= 0.3 is 11.9 Å². The molecule has 0 aliphatic carbocycles. The third-order valence-corrected chi connectivity index (χ3v) is 5.74. The molecule has 12 heteroatoms. The molecule has 2 N–H and O–H groups in total. The van der Waals surface area contributed by atoms with Crippen molar-refractivity contribution < 1.29 is 36.2 Å². The number of carbonyl (C=O) groups is 1. The van der Waals surface area contributed by atoms with E-state index in [0.29, 0.717) is 0 Å². The van der Waals surface area contributed by atoms with Crippen LogP contribution in [0.25, 0.3) is 0 Å². The van der Waals surface area contributed by atoms with Crippen LogP contribution in [0.4, 0.5) is 18.0 Å². The topological polar surface area (TPSA) is 92.7 Å². The maximum Gasteiger partial charge on any atom is 0.404 e. The van der Waals surface area contributed by atoms with Gasteiger partial charge < -0.3 is 15.2 Å². The lowest BCUT2D eigenvalue weighted by Gasteiger charge is -2.16. The highest BCUT2D eigenvalue weighted by atomic mass is 79.9. The monoisotopic (exact) mass is 487 g/mol. The first-order chi connectivity index (χ1) is 12.5. The summed E-state index contributed by atoms with van der Waals surface area (Å²) < 4.78 is 68.3. The summed E-state index contributed by atoms with van der Waals surface area (Å²) in [7, 11) is -5.01. The van der Waals surface area contributed by atoms with Crippen LogP contribution in [-0.2, 0) is 16.4 Å². The van der Waals surface area contributed by atoms with Crippen molar-refractivity contribution in [3.63, 3.8) is 0 Å². The average molecular weight is 489 g/mol. The van der Waals surface area contributed by atoms with Gasteiger partial charge in [-0.3, -0.25) is 0 Å². The second-order valence-corrected chi connectivity index (χ2v) is 8.14. The summed E-state index contributed by atoms with van der Waals surface area (Å²) in [4.78, 5) is 9.94. The Kier molecular flexibility index (Phi) is 6.60. The van der Waals surface area contributed by atoms with Crippen molar-refractivity contribution in [3.8, 4) is 11.5 Å². The van der Waals surface area contributed by atoms with Gasteiger partial charge in [0.2, 0.25) is 9.84 Å². The van der Waals surface area contributed by atoms with Crippen molar-refractivity contribution in [2.45, 2.75) is 17.2 Å². The van der Waals surface area contributed by atoms with Gasteiger partial charge in [-0.1, -0.05) is 11.6 Å². The maximum atomic E-state index is 13.4. The molecule has 0 heterocycles. The first kappa shape index (κ1) is 21.3. The molecular weight excluding hydrogens is 479 g/mol.